The zero-order valence-electron chi connectivity index (χ0n) is 9.50. The fraction of sp³-hybridized carbons (Fsp3) is 0.154. The SMILES string of the molecule is C=CC(C=C(C)N)=Nc1ccc(C)cc1I. The van der Waals surface area contributed by atoms with E-state index in [1.807, 2.05) is 25.1 Å². The molecular formula is C13H15IN2. The molecule has 0 saturated carbocycles. The summed E-state index contributed by atoms with van der Waals surface area (Å²) in [5, 5.41) is 0. The van der Waals surface area contributed by atoms with Gasteiger partial charge in [-0.3, -0.25) is 0 Å². The first-order valence-electron chi connectivity index (χ1n) is 4.94. The number of aryl methyl sites for hydroxylation is 1. The maximum Gasteiger partial charge on any atom is 0.0770 e. The number of nitrogens with zero attached hydrogens (tertiary/aromatic N) is 1. The number of hydrogen-bond donors (Lipinski definition) is 1. The largest absolute Gasteiger partial charge is 0.402 e. The van der Waals surface area contributed by atoms with Crippen molar-refractivity contribution in [3.05, 3.63) is 51.8 Å². The van der Waals surface area contributed by atoms with Crippen LogP contribution >= 0.6 is 22.6 Å². The molecule has 16 heavy (non-hydrogen) atoms. The Kier molecular flexibility index (Phi) is 4.73. The van der Waals surface area contributed by atoms with Crippen molar-refractivity contribution in [2.45, 2.75) is 13.8 Å². The zero-order valence-corrected chi connectivity index (χ0v) is 11.7. The van der Waals surface area contributed by atoms with Crippen molar-refractivity contribution >= 4 is 34.0 Å². The lowest BCUT2D eigenvalue weighted by Crippen LogP contribution is -1.96. The van der Waals surface area contributed by atoms with Crippen molar-refractivity contribution in [1.29, 1.82) is 0 Å². The van der Waals surface area contributed by atoms with Crippen LogP contribution in [0.1, 0.15) is 12.5 Å². The Balaban J connectivity index is 3.14. The lowest BCUT2D eigenvalue weighted by Gasteiger charge is -2.01. The highest BCUT2D eigenvalue weighted by Gasteiger charge is 1.98. The van der Waals surface area contributed by atoms with E-state index < -0.39 is 0 Å². The van der Waals surface area contributed by atoms with Gasteiger partial charge in [0.25, 0.3) is 0 Å². The van der Waals surface area contributed by atoms with E-state index in [1.54, 1.807) is 6.08 Å². The predicted molar refractivity (Wildman–Crippen MR) is 79.1 cm³/mol. The molecule has 1 aromatic carbocycles. The van der Waals surface area contributed by atoms with E-state index in [1.165, 1.54) is 5.56 Å². The van der Waals surface area contributed by atoms with Crippen LogP contribution < -0.4 is 5.73 Å². The quantitative estimate of drug-likeness (QED) is 0.667. The van der Waals surface area contributed by atoms with Crippen LogP contribution in [-0.2, 0) is 0 Å². The van der Waals surface area contributed by atoms with Gasteiger partial charge in [0.15, 0.2) is 0 Å². The summed E-state index contributed by atoms with van der Waals surface area (Å²) in [6.45, 7) is 7.62. The van der Waals surface area contributed by atoms with Gasteiger partial charge in [-0.2, -0.15) is 0 Å². The van der Waals surface area contributed by atoms with E-state index in [-0.39, 0.29) is 0 Å². The summed E-state index contributed by atoms with van der Waals surface area (Å²) in [4.78, 5) is 4.49. The third kappa shape index (κ3) is 3.81. The van der Waals surface area contributed by atoms with Gasteiger partial charge in [0, 0.05) is 9.27 Å². The molecule has 0 radical (unpaired) electrons. The fourth-order valence-electron chi connectivity index (χ4n) is 1.21. The number of nitrogens with two attached hydrogens (primary N) is 1. The summed E-state index contributed by atoms with van der Waals surface area (Å²) in [6, 6.07) is 6.14. The van der Waals surface area contributed by atoms with Crippen molar-refractivity contribution in [1.82, 2.24) is 0 Å². The Morgan fingerprint density at radius 3 is 2.69 bits per heavy atom. The molecule has 0 aliphatic rings. The Bertz CT molecular complexity index is 455. The summed E-state index contributed by atoms with van der Waals surface area (Å²) < 4.78 is 1.13. The number of aliphatic imine (C=N–C) groups is 1. The molecule has 0 unspecified atom stereocenters. The summed E-state index contributed by atoms with van der Waals surface area (Å²) in [5.74, 6) is 0. The first-order valence-corrected chi connectivity index (χ1v) is 6.02. The minimum Gasteiger partial charge on any atom is -0.402 e. The average Bonchev–Trinajstić information content (AvgIpc) is 2.20. The molecule has 0 aliphatic carbocycles. The number of halogens is 1. The Morgan fingerprint density at radius 2 is 2.19 bits per heavy atom. The predicted octanol–water partition coefficient (Wildman–Crippen LogP) is 3.72. The molecule has 0 heterocycles. The van der Waals surface area contributed by atoms with Gasteiger partial charge >= 0.3 is 0 Å². The second-order valence-electron chi connectivity index (χ2n) is 3.58. The summed E-state index contributed by atoms with van der Waals surface area (Å²) in [6.07, 6.45) is 3.51. The monoisotopic (exact) mass is 326 g/mol. The molecule has 0 aliphatic heterocycles. The minimum absolute atomic E-state index is 0.723. The van der Waals surface area contributed by atoms with E-state index in [0.717, 1.165) is 20.7 Å². The third-order valence-corrected chi connectivity index (χ3v) is 2.80. The maximum absolute atomic E-state index is 5.62. The van der Waals surface area contributed by atoms with E-state index >= 15 is 0 Å². The van der Waals surface area contributed by atoms with Gasteiger partial charge in [-0.15, -0.1) is 0 Å². The van der Waals surface area contributed by atoms with Crippen molar-refractivity contribution in [2.24, 2.45) is 10.7 Å². The van der Waals surface area contributed by atoms with Gasteiger partial charge in [0.2, 0.25) is 0 Å². The molecule has 3 heteroatoms. The van der Waals surface area contributed by atoms with Crippen molar-refractivity contribution < 1.29 is 0 Å². The highest BCUT2D eigenvalue weighted by Crippen LogP contribution is 2.22. The molecule has 0 fully saturated rings. The molecule has 0 saturated heterocycles. The molecule has 84 valence electrons. The highest BCUT2D eigenvalue weighted by molar-refractivity contribution is 14.1. The topological polar surface area (TPSA) is 38.4 Å². The zero-order chi connectivity index (χ0) is 12.1. The van der Waals surface area contributed by atoms with Gasteiger partial charge < -0.3 is 5.73 Å². The van der Waals surface area contributed by atoms with Crippen LogP contribution in [0.2, 0.25) is 0 Å². The normalized spacial score (nSPS) is 12.7. The molecule has 2 nitrogen and oxygen atoms in total. The summed E-state index contributed by atoms with van der Waals surface area (Å²) >= 11 is 2.28. The third-order valence-electron chi connectivity index (χ3n) is 1.94. The van der Waals surface area contributed by atoms with Crippen LogP contribution in [0.5, 0.6) is 0 Å². The molecule has 0 aromatic heterocycles. The van der Waals surface area contributed by atoms with Crippen LogP contribution in [0.3, 0.4) is 0 Å². The number of hydrogen-bond acceptors (Lipinski definition) is 2. The molecule has 0 bridgehead atoms. The smallest absolute Gasteiger partial charge is 0.0770 e. The number of rotatable bonds is 3. The molecule has 0 amide bonds. The van der Waals surface area contributed by atoms with Gasteiger partial charge in [-0.25, -0.2) is 4.99 Å². The molecule has 0 spiro atoms. The van der Waals surface area contributed by atoms with E-state index in [0.29, 0.717) is 0 Å². The Morgan fingerprint density at radius 1 is 1.50 bits per heavy atom. The second-order valence-corrected chi connectivity index (χ2v) is 4.75. The van der Waals surface area contributed by atoms with Crippen LogP contribution in [0.15, 0.2) is 47.6 Å². The van der Waals surface area contributed by atoms with Crippen LogP contribution in [-0.4, -0.2) is 5.71 Å². The maximum atomic E-state index is 5.62. The molecule has 2 N–H and O–H groups in total. The van der Waals surface area contributed by atoms with Crippen LogP contribution in [0.4, 0.5) is 5.69 Å². The standard InChI is InChI=1S/C13H15IN2/c1-4-11(8-10(3)15)16-13-6-5-9(2)7-12(13)14/h4-8H,1,15H2,2-3H3. The first-order chi connectivity index (χ1) is 7.52. The van der Waals surface area contributed by atoms with Gasteiger partial charge in [-0.05, 0) is 66.3 Å². The van der Waals surface area contributed by atoms with Crippen LogP contribution in [0, 0.1) is 10.5 Å². The highest BCUT2D eigenvalue weighted by atomic mass is 127. The molecular weight excluding hydrogens is 311 g/mol. The molecule has 1 aromatic rings. The summed E-state index contributed by atoms with van der Waals surface area (Å²) in [5.41, 5.74) is 9.29. The molecule has 0 atom stereocenters. The second kappa shape index (κ2) is 5.84. The summed E-state index contributed by atoms with van der Waals surface area (Å²) in [7, 11) is 0. The average molecular weight is 326 g/mol. The van der Waals surface area contributed by atoms with Crippen molar-refractivity contribution in [3.8, 4) is 0 Å². The number of benzene rings is 1. The van der Waals surface area contributed by atoms with Crippen molar-refractivity contribution in [2.75, 3.05) is 0 Å². The van der Waals surface area contributed by atoms with Crippen LogP contribution in [0.25, 0.3) is 0 Å². The minimum atomic E-state index is 0.723. The molecule has 1 rings (SSSR count). The van der Waals surface area contributed by atoms with Gasteiger partial charge in [0.1, 0.15) is 0 Å². The Hall–Kier alpha value is -1.10. The van der Waals surface area contributed by atoms with Gasteiger partial charge in [0.05, 0.1) is 11.4 Å². The van der Waals surface area contributed by atoms with E-state index in [9.17, 15) is 0 Å². The van der Waals surface area contributed by atoms with Crippen molar-refractivity contribution in [3.63, 3.8) is 0 Å². The fourth-order valence-corrected chi connectivity index (χ4v) is 2.00. The van der Waals surface area contributed by atoms with Gasteiger partial charge in [-0.1, -0.05) is 12.6 Å². The number of allylic oxidation sites excluding steroid dienone is 3. The van der Waals surface area contributed by atoms with E-state index in [2.05, 4.69) is 47.2 Å². The van der Waals surface area contributed by atoms with E-state index in [4.69, 9.17) is 5.73 Å². The Labute approximate surface area is 110 Å². The lowest BCUT2D eigenvalue weighted by atomic mass is 10.2. The lowest BCUT2D eigenvalue weighted by molar-refractivity contribution is 1.32. The first kappa shape index (κ1) is 13.0.